The number of rotatable bonds is 8. The quantitative estimate of drug-likeness (QED) is 0.502. The molecule has 3 aromatic rings. The maximum Gasteiger partial charge on any atom is 0.258 e. The highest BCUT2D eigenvalue weighted by atomic mass is 32.2. The molecule has 0 heterocycles. The lowest BCUT2D eigenvalue weighted by atomic mass is 10.1. The Hall–Kier alpha value is -3.16. The van der Waals surface area contributed by atoms with Crippen LogP contribution in [0.3, 0.4) is 0 Å². The van der Waals surface area contributed by atoms with Crippen molar-refractivity contribution in [1.82, 2.24) is 4.31 Å². The molecule has 3 aromatic carbocycles. The first-order valence-corrected chi connectivity index (χ1v) is 11.8. The van der Waals surface area contributed by atoms with Crippen LogP contribution < -0.4 is 9.64 Å². The van der Waals surface area contributed by atoms with Crippen molar-refractivity contribution >= 4 is 21.6 Å². The van der Waals surface area contributed by atoms with Crippen molar-refractivity contribution in [3.05, 3.63) is 90.0 Å². The minimum atomic E-state index is -3.91. The Balaban J connectivity index is 2.00. The SMILES string of the molecule is COc1ccc(C(=O)N(c2ccccc2)C(C)C)cc1S(=O)(=O)N(C)Cc1ccccc1. The van der Waals surface area contributed by atoms with Crippen LogP contribution in [0.4, 0.5) is 5.69 Å². The molecular formula is C25H28N2O4S. The summed E-state index contributed by atoms with van der Waals surface area (Å²) in [6, 6.07) is 23.0. The highest BCUT2D eigenvalue weighted by Gasteiger charge is 2.28. The van der Waals surface area contributed by atoms with E-state index in [2.05, 4.69) is 0 Å². The molecular weight excluding hydrogens is 424 g/mol. The van der Waals surface area contributed by atoms with Crippen LogP contribution in [-0.2, 0) is 16.6 Å². The summed E-state index contributed by atoms with van der Waals surface area (Å²) in [7, 11) is -0.980. The second-order valence-electron chi connectivity index (χ2n) is 7.72. The molecule has 0 unspecified atom stereocenters. The van der Waals surface area contributed by atoms with Crippen LogP contribution >= 0.6 is 0 Å². The number of benzene rings is 3. The molecule has 0 fully saturated rings. The van der Waals surface area contributed by atoms with E-state index in [0.717, 1.165) is 11.3 Å². The topological polar surface area (TPSA) is 66.9 Å². The minimum absolute atomic E-state index is 0.0407. The number of carbonyl (C=O) groups excluding carboxylic acids is 1. The van der Waals surface area contributed by atoms with Gasteiger partial charge in [0.25, 0.3) is 5.91 Å². The number of ether oxygens (including phenoxy) is 1. The maximum absolute atomic E-state index is 13.4. The van der Waals surface area contributed by atoms with Crippen molar-refractivity contribution in [3.63, 3.8) is 0 Å². The molecule has 0 aromatic heterocycles. The van der Waals surface area contributed by atoms with Gasteiger partial charge in [-0.3, -0.25) is 4.79 Å². The van der Waals surface area contributed by atoms with Gasteiger partial charge in [-0.05, 0) is 49.7 Å². The van der Waals surface area contributed by atoms with Crippen molar-refractivity contribution < 1.29 is 17.9 Å². The molecule has 168 valence electrons. The zero-order valence-corrected chi connectivity index (χ0v) is 19.5. The van der Waals surface area contributed by atoms with E-state index in [9.17, 15) is 13.2 Å². The lowest BCUT2D eigenvalue weighted by Gasteiger charge is -2.27. The van der Waals surface area contributed by atoms with E-state index in [1.165, 1.54) is 30.6 Å². The van der Waals surface area contributed by atoms with E-state index in [1.54, 1.807) is 11.0 Å². The van der Waals surface area contributed by atoms with Gasteiger partial charge in [0.15, 0.2) is 0 Å². The smallest absolute Gasteiger partial charge is 0.258 e. The predicted octanol–water partition coefficient (Wildman–Crippen LogP) is 4.57. The molecule has 7 heteroatoms. The highest BCUT2D eigenvalue weighted by molar-refractivity contribution is 7.89. The van der Waals surface area contributed by atoms with Gasteiger partial charge in [0.1, 0.15) is 10.6 Å². The van der Waals surface area contributed by atoms with Gasteiger partial charge >= 0.3 is 0 Å². The van der Waals surface area contributed by atoms with E-state index < -0.39 is 10.0 Å². The van der Waals surface area contributed by atoms with Gasteiger partial charge in [0.2, 0.25) is 10.0 Å². The summed E-state index contributed by atoms with van der Waals surface area (Å²) in [6.45, 7) is 4.03. The van der Waals surface area contributed by atoms with Crippen molar-refractivity contribution in [1.29, 1.82) is 0 Å². The summed E-state index contributed by atoms with van der Waals surface area (Å²) >= 11 is 0. The largest absolute Gasteiger partial charge is 0.495 e. The van der Waals surface area contributed by atoms with Gasteiger partial charge in [0.05, 0.1) is 7.11 Å². The van der Waals surface area contributed by atoms with Crippen LogP contribution in [0.25, 0.3) is 0 Å². The monoisotopic (exact) mass is 452 g/mol. The molecule has 0 spiro atoms. The Morgan fingerprint density at radius 2 is 1.53 bits per heavy atom. The van der Waals surface area contributed by atoms with Crippen LogP contribution in [0.1, 0.15) is 29.8 Å². The lowest BCUT2D eigenvalue weighted by Crippen LogP contribution is -2.37. The summed E-state index contributed by atoms with van der Waals surface area (Å²) in [4.78, 5) is 15.0. The van der Waals surface area contributed by atoms with Gasteiger partial charge in [-0.15, -0.1) is 0 Å². The second kappa shape index (κ2) is 9.97. The third-order valence-electron chi connectivity index (χ3n) is 5.12. The second-order valence-corrected chi connectivity index (χ2v) is 9.73. The molecule has 0 atom stereocenters. The Kier molecular flexibility index (Phi) is 7.33. The average molecular weight is 453 g/mol. The number of hydrogen-bond donors (Lipinski definition) is 0. The number of para-hydroxylation sites is 1. The molecule has 0 aliphatic rings. The summed E-state index contributed by atoms with van der Waals surface area (Å²) in [5, 5.41) is 0. The molecule has 6 nitrogen and oxygen atoms in total. The lowest BCUT2D eigenvalue weighted by molar-refractivity contribution is 0.0980. The third kappa shape index (κ3) is 5.00. The summed E-state index contributed by atoms with van der Waals surface area (Å²) in [5.74, 6) is -0.0896. The molecule has 1 amide bonds. The summed E-state index contributed by atoms with van der Waals surface area (Å²) in [6.07, 6.45) is 0. The van der Waals surface area contributed by atoms with Crippen molar-refractivity contribution in [2.75, 3.05) is 19.1 Å². The van der Waals surface area contributed by atoms with Crippen molar-refractivity contribution in [3.8, 4) is 5.75 Å². The van der Waals surface area contributed by atoms with E-state index in [4.69, 9.17) is 4.74 Å². The van der Waals surface area contributed by atoms with Crippen molar-refractivity contribution in [2.45, 2.75) is 31.3 Å². The predicted molar refractivity (Wildman–Crippen MR) is 126 cm³/mol. The molecule has 0 bridgehead atoms. The van der Waals surface area contributed by atoms with E-state index >= 15 is 0 Å². The molecule has 0 aliphatic heterocycles. The van der Waals surface area contributed by atoms with Gasteiger partial charge in [0, 0.05) is 30.9 Å². The fourth-order valence-corrected chi connectivity index (χ4v) is 4.82. The molecule has 3 rings (SSSR count). The zero-order valence-electron chi connectivity index (χ0n) is 18.7. The number of nitrogens with zero attached hydrogens (tertiary/aromatic N) is 2. The molecule has 0 aliphatic carbocycles. The Morgan fingerprint density at radius 3 is 2.09 bits per heavy atom. The fourth-order valence-electron chi connectivity index (χ4n) is 3.48. The third-order valence-corrected chi connectivity index (χ3v) is 6.94. The van der Waals surface area contributed by atoms with Crippen molar-refractivity contribution in [2.24, 2.45) is 0 Å². The first kappa shape index (κ1) is 23.5. The van der Waals surface area contributed by atoms with Gasteiger partial charge < -0.3 is 9.64 Å². The maximum atomic E-state index is 13.4. The molecule has 32 heavy (non-hydrogen) atoms. The zero-order chi connectivity index (χ0) is 23.3. The first-order valence-electron chi connectivity index (χ1n) is 10.3. The Bertz CT molecular complexity index is 1160. The average Bonchev–Trinajstić information content (AvgIpc) is 2.79. The van der Waals surface area contributed by atoms with Gasteiger partial charge in [-0.1, -0.05) is 48.5 Å². The Labute approximate surface area is 190 Å². The Morgan fingerprint density at radius 1 is 0.938 bits per heavy atom. The van der Waals surface area contributed by atoms with Gasteiger partial charge in [-0.2, -0.15) is 4.31 Å². The number of amides is 1. The molecule has 0 saturated carbocycles. The van der Waals surface area contributed by atoms with Crippen LogP contribution in [0.5, 0.6) is 5.75 Å². The van der Waals surface area contributed by atoms with E-state index in [1.807, 2.05) is 74.5 Å². The minimum Gasteiger partial charge on any atom is -0.495 e. The summed E-state index contributed by atoms with van der Waals surface area (Å²) in [5.41, 5.74) is 1.88. The number of anilines is 1. The van der Waals surface area contributed by atoms with Gasteiger partial charge in [-0.25, -0.2) is 8.42 Å². The number of sulfonamides is 1. The molecule has 0 N–H and O–H groups in total. The van der Waals surface area contributed by atoms with Crippen LogP contribution in [-0.4, -0.2) is 38.8 Å². The van der Waals surface area contributed by atoms with E-state index in [0.29, 0.717) is 0 Å². The van der Waals surface area contributed by atoms with Crippen LogP contribution in [0, 0.1) is 0 Å². The van der Waals surface area contributed by atoms with Crippen LogP contribution in [0.2, 0.25) is 0 Å². The summed E-state index contributed by atoms with van der Waals surface area (Å²) < 4.78 is 33.4. The fraction of sp³-hybridized carbons (Fsp3) is 0.240. The molecule has 0 saturated heterocycles. The number of carbonyl (C=O) groups is 1. The first-order chi connectivity index (χ1) is 15.3. The number of methoxy groups -OCH3 is 1. The molecule has 0 radical (unpaired) electrons. The normalized spacial score (nSPS) is 11.6. The number of hydrogen-bond acceptors (Lipinski definition) is 4. The van der Waals surface area contributed by atoms with E-state index in [-0.39, 0.29) is 34.7 Å². The van der Waals surface area contributed by atoms with Crippen LogP contribution in [0.15, 0.2) is 83.8 Å². The highest BCUT2D eigenvalue weighted by Crippen LogP contribution is 2.30. The standard InChI is InChI=1S/C25H28N2O4S/c1-19(2)27(22-13-9-6-10-14-22)25(28)21-15-16-23(31-4)24(17-21)32(29,30)26(3)18-20-11-7-5-8-12-20/h5-17,19H,18H2,1-4H3.